The van der Waals surface area contributed by atoms with Gasteiger partial charge in [0.2, 0.25) is 5.96 Å². The fraction of sp³-hybridized carbons (Fsp3) is 0.350. The molecule has 0 unspecified atom stereocenters. The van der Waals surface area contributed by atoms with Gasteiger partial charge in [0.25, 0.3) is 0 Å². The minimum absolute atomic E-state index is 0.427. The first-order chi connectivity index (χ1) is 11.4. The van der Waals surface area contributed by atoms with E-state index in [2.05, 4.69) is 53.1 Å². The number of anilines is 1. The summed E-state index contributed by atoms with van der Waals surface area (Å²) in [6.45, 7) is 0. The Bertz CT molecular complexity index is 605. The molecule has 120 valence electrons. The van der Waals surface area contributed by atoms with Crippen molar-refractivity contribution in [2.75, 3.05) is 5.32 Å². The first kappa shape index (κ1) is 15.6. The molecule has 1 saturated carbocycles. The molecule has 1 fully saturated rings. The number of hydrogen-bond acceptors (Lipinski definition) is 1. The quantitative estimate of drug-likeness (QED) is 0.623. The number of nitrogens with one attached hydrogen (secondary N) is 2. The van der Waals surface area contributed by atoms with Crippen LogP contribution in [0.5, 0.6) is 0 Å². The summed E-state index contributed by atoms with van der Waals surface area (Å²) in [5.74, 6) is 0.848. The zero-order valence-corrected chi connectivity index (χ0v) is 13.5. The molecule has 0 saturated heterocycles. The van der Waals surface area contributed by atoms with Crippen LogP contribution in [0.2, 0.25) is 0 Å². The molecule has 3 rings (SSSR count). The highest BCUT2D eigenvalue weighted by Crippen LogP contribution is 2.20. The number of aliphatic imine (C=N–C) groups is 1. The van der Waals surface area contributed by atoms with Gasteiger partial charge in [0, 0.05) is 11.4 Å². The standard InChI is InChI=1S/C20H25N3/c1-2-6-12-17(11-5-1)21-20(22-18-13-7-3-8-14-18)23-19-15-9-4-10-16-19/h1-3,5,7-8,11-14,19H,4,6,9-10,15-16H2,(H2,21,22,23). The van der Waals surface area contributed by atoms with Crippen LogP contribution in [0.1, 0.15) is 38.5 Å². The Morgan fingerprint density at radius 1 is 0.957 bits per heavy atom. The summed E-state index contributed by atoms with van der Waals surface area (Å²) < 4.78 is 0. The Labute approximate surface area is 138 Å². The van der Waals surface area contributed by atoms with E-state index in [9.17, 15) is 0 Å². The lowest BCUT2D eigenvalue weighted by Crippen LogP contribution is -2.31. The van der Waals surface area contributed by atoms with Crippen LogP contribution in [-0.4, -0.2) is 12.0 Å². The van der Waals surface area contributed by atoms with Gasteiger partial charge in [0.05, 0.1) is 6.04 Å². The van der Waals surface area contributed by atoms with Gasteiger partial charge in [-0.2, -0.15) is 0 Å². The maximum Gasteiger partial charge on any atom is 0.200 e. The summed E-state index contributed by atoms with van der Waals surface area (Å²) in [4.78, 5) is 4.95. The van der Waals surface area contributed by atoms with Crippen LogP contribution < -0.4 is 10.6 Å². The third-order valence-electron chi connectivity index (χ3n) is 4.18. The van der Waals surface area contributed by atoms with Gasteiger partial charge in [0.1, 0.15) is 0 Å². The molecule has 0 spiro atoms. The monoisotopic (exact) mass is 307 g/mol. The number of hydrogen-bond donors (Lipinski definition) is 2. The molecule has 2 N–H and O–H groups in total. The van der Waals surface area contributed by atoms with Crippen LogP contribution in [0, 0.1) is 0 Å². The van der Waals surface area contributed by atoms with Gasteiger partial charge in [0.15, 0.2) is 0 Å². The topological polar surface area (TPSA) is 36.4 Å². The van der Waals surface area contributed by atoms with Gasteiger partial charge in [-0.05, 0) is 37.5 Å². The maximum atomic E-state index is 4.95. The van der Waals surface area contributed by atoms with Gasteiger partial charge < -0.3 is 10.6 Å². The summed E-state index contributed by atoms with van der Waals surface area (Å²) in [5, 5.41) is 6.90. The number of nitrogens with zero attached hydrogens (tertiary/aromatic N) is 1. The average Bonchev–Trinajstić information content (AvgIpc) is 2.85. The number of allylic oxidation sites excluding steroid dienone is 5. The van der Waals surface area contributed by atoms with Crippen LogP contribution in [0.15, 0.2) is 71.4 Å². The number of benzene rings is 1. The van der Waals surface area contributed by atoms with Crippen molar-refractivity contribution in [3.05, 3.63) is 66.4 Å². The van der Waals surface area contributed by atoms with E-state index in [1.807, 2.05) is 18.2 Å². The van der Waals surface area contributed by atoms with Gasteiger partial charge in [-0.15, -0.1) is 0 Å². The smallest absolute Gasteiger partial charge is 0.200 e. The number of rotatable bonds is 3. The second-order valence-electron chi connectivity index (χ2n) is 6.07. The maximum absolute atomic E-state index is 4.95. The normalized spacial score (nSPS) is 19.1. The first-order valence-electron chi connectivity index (χ1n) is 8.60. The van der Waals surface area contributed by atoms with Crippen molar-refractivity contribution in [2.24, 2.45) is 4.99 Å². The van der Waals surface area contributed by atoms with Crippen LogP contribution in [0.25, 0.3) is 0 Å². The lowest BCUT2D eigenvalue weighted by molar-refractivity contribution is 0.442. The third kappa shape index (κ3) is 5.13. The van der Waals surface area contributed by atoms with Gasteiger partial charge in [-0.1, -0.05) is 61.8 Å². The van der Waals surface area contributed by atoms with E-state index in [0.717, 1.165) is 23.8 Å². The van der Waals surface area contributed by atoms with Crippen LogP contribution >= 0.6 is 0 Å². The largest absolute Gasteiger partial charge is 0.326 e. The van der Waals surface area contributed by atoms with E-state index in [1.165, 1.54) is 32.1 Å². The van der Waals surface area contributed by atoms with E-state index < -0.39 is 0 Å². The number of guanidine groups is 1. The lowest BCUT2D eigenvalue weighted by atomic mass is 9.96. The second-order valence-corrected chi connectivity index (χ2v) is 6.07. The SMILES string of the molecule is C1=CCC=C(NC(=NC2CCCCC2)Nc2ccccc2)C=C1. The predicted molar refractivity (Wildman–Crippen MR) is 98.5 cm³/mol. The molecule has 0 bridgehead atoms. The molecular formula is C20H25N3. The summed E-state index contributed by atoms with van der Waals surface area (Å²) in [6, 6.07) is 10.7. The summed E-state index contributed by atoms with van der Waals surface area (Å²) in [5.41, 5.74) is 2.15. The zero-order valence-electron chi connectivity index (χ0n) is 13.5. The Hall–Kier alpha value is -2.29. The minimum atomic E-state index is 0.427. The average molecular weight is 307 g/mol. The summed E-state index contributed by atoms with van der Waals surface area (Å²) in [6.07, 6.45) is 17.8. The van der Waals surface area contributed by atoms with Crippen molar-refractivity contribution >= 4 is 11.6 Å². The molecule has 0 amide bonds. The Balaban J connectivity index is 1.74. The van der Waals surface area contributed by atoms with E-state index >= 15 is 0 Å². The van der Waals surface area contributed by atoms with Gasteiger partial charge in [-0.3, -0.25) is 0 Å². The second kappa shape index (κ2) is 8.37. The molecule has 0 atom stereocenters. The highest BCUT2D eigenvalue weighted by atomic mass is 15.2. The van der Waals surface area contributed by atoms with Crippen molar-refractivity contribution < 1.29 is 0 Å². The van der Waals surface area contributed by atoms with E-state index in [4.69, 9.17) is 4.99 Å². The van der Waals surface area contributed by atoms with Gasteiger partial charge >= 0.3 is 0 Å². The molecule has 0 heterocycles. The van der Waals surface area contributed by atoms with Crippen LogP contribution in [0.3, 0.4) is 0 Å². The number of para-hydroxylation sites is 1. The highest BCUT2D eigenvalue weighted by molar-refractivity contribution is 5.95. The molecule has 1 aromatic carbocycles. The van der Waals surface area contributed by atoms with Crippen molar-refractivity contribution in [1.82, 2.24) is 5.32 Å². The van der Waals surface area contributed by atoms with Crippen LogP contribution in [0.4, 0.5) is 5.69 Å². The molecule has 0 aliphatic heterocycles. The zero-order chi connectivity index (χ0) is 15.7. The molecule has 23 heavy (non-hydrogen) atoms. The summed E-state index contributed by atoms with van der Waals surface area (Å²) >= 11 is 0. The fourth-order valence-corrected chi connectivity index (χ4v) is 2.96. The van der Waals surface area contributed by atoms with Crippen molar-refractivity contribution in [3.8, 4) is 0 Å². The van der Waals surface area contributed by atoms with E-state index in [1.54, 1.807) is 0 Å². The molecule has 2 aliphatic carbocycles. The molecule has 2 aliphatic rings. The minimum Gasteiger partial charge on any atom is -0.326 e. The molecule has 3 heteroatoms. The van der Waals surface area contributed by atoms with Crippen molar-refractivity contribution in [2.45, 2.75) is 44.6 Å². The molecule has 0 aromatic heterocycles. The van der Waals surface area contributed by atoms with Crippen LogP contribution in [-0.2, 0) is 0 Å². The van der Waals surface area contributed by atoms with Crippen molar-refractivity contribution in [3.63, 3.8) is 0 Å². The van der Waals surface area contributed by atoms with Gasteiger partial charge in [-0.25, -0.2) is 4.99 Å². The summed E-state index contributed by atoms with van der Waals surface area (Å²) in [7, 11) is 0. The van der Waals surface area contributed by atoms with E-state index in [-0.39, 0.29) is 0 Å². The third-order valence-corrected chi connectivity index (χ3v) is 4.18. The van der Waals surface area contributed by atoms with Crippen molar-refractivity contribution in [1.29, 1.82) is 0 Å². The molecule has 0 radical (unpaired) electrons. The first-order valence-corrected chi connectivity index (χ1v) is 8.60. The predicted octanol–water partition coefficient (Wildman–Crippen LogP) is 4.78. The highest BCUT2D eigenvalue weighted by Gasteiger charge is 2.13. The Morgan fingerprint density at radius 2 is 1.78 bits per heavy atom. The van der Waals surface area contributed by atoms with E-state index in [0.29, 0.717) is 6.04 Å². The lowest BCUT2D eigenvalue weighted by Gasteiger charge is -2.21. The molecule has 1 aromatic rings. The molecular weight excluding hydrogens is 282 g/mol. The molecule has 3 nitrogen and oxygen atoms in total. The Kier molecular flexibility index (Phi) is 5.68. The Morgan fingerprint density at radius 3 is 2.61 bits per heavy atom. The fourth-order valence-electron chi connectivity index (χ4n) is 2.96.